The van der Waals surface area contributed by atoms with Crippen molar-refractivity contribution in [3.63, 3.8) is 0 Å². The lowest BCUT2D eigenvalue weighted by Crippen LogP contribution is -3.15. The molecule has 126 valence electrons. The molecule has 2 N–H and O–H groups in total. The summed E-state index contributed by atoms with van der Waals surface area (Å²) in [7, 11) is 0. The van der Waals surface area contributed by atoms with E-state index in [1.807, 2.05) is 0 Å². The van der Waals surface area contributed by atoms with E-state index in [2.05, 4.69) is 19.2 Å². The molecule has 1 aromatic carbocycles. The number of hydrogen-bond acceptors (Lipinski definition) is 3. The van der Waals surface area contributed by atoms with Gasteiger partial charge < -0.3 is 15.0 Å². The van der Waals surface area contributed by atoms with Crippen molar-refractivity contribution in [1.29, 1.82) is 0 Å². The molecule has 1 heterocycles. The number of anilines is 1. The zero-order chi connectivity index (χ0) is 16.8. The molecule has 1 fully saturated rings. The number of quaternary nitrogens is 1. The average Bonchev–Trinajstić information content (AvgIpc) is 2.47. The van der Waals surface area contributed by atoms with Crippen LogP contribution in [-0.2, 0) is 9.53 Å². The predicted molar refractivity (Wildman–Crippen MR) is 89.5 cm³/mol. The van der Waals surface area contributed by atoms with Crippen LogP contribution >= 0.6 is 0 Å². The Morgan fingerprint density at radius 3 is 2.35 bits per heavy atom. The van der Waals surface area contributed by atoms with Crippen LogP contribution in [0.4, 0.5) is 5.69 Å². The Morgan fingerprint density at radius 2 is 1.78 bits per heavy atom. The van der Waals surface area contributed by atoms with Gasteiger partial charge in [0.05, 0.1) is 25.3 Å². The van der Waals surface area contributed by atoms with Gasteiger partial charge in [-0.2, -0.15) is 0 Å². The van der Waals surface area contributed by atoms with Crippen molar-refractivity contribution >= 4 is 17.6 Å². The zero-order valence-corrected chi connectivity index (χ0v) is 14.2. The fourth-order valence-electron chi connectivity index (χ4n) is 3.40. The van der Waals surface area contributed by atoms with E-state index in [1.54, 1.807) is 31.2 Å². The van der Waals surface area contributed by atoms with Gasteiger partial charge in [0, 0.05) is 17.5 Å². The summed E-state index contributed by atoms with van der Waals surface area (Å²) in [6.45, 7) is 9.24. The summed E-state index contributed by atoms with van der Waals surface area (Å²) in [6, 6.07) is 6.82. The van der Waals surface area contributed by atoms with Crippen LogP contribution in [0.15, 0.2) is 24.3 Å². The SMILES string of the molecule is CCOC(=O)c1ccc(NC(=O)C[NH+]2C[C@@H](C)C[C@H](C)C2)cc1. The molecule has 1 aromatic rings. The van der Waals surface area contributed by atoms with E-state index in [9.17, 15) is 9.59 Å². The van der Waals surface area contributed by atoms with Crippen LogP contribution in [0, 0.1) is 11.8 Å². The summed E-state index contributed by atoms with van der Waals surface area (Å²) in [5.41, 5.74) is 1.20. The van der Waals surface area contributed by atoms with Crippen molar-refractivity contribution in [2.45, 2.75) is 27.2 Å². The highest BCUT2D eigenvalue weighted by atomic mass is 16.5. The topological polar surface area (TPSA) is 59.8 Å². The quantitative estimate of drug-likeness (QED) is 0.806. The molecule has 23 heavy (non-hydrogen) atoms. The standard InChI is InChI=1S/C18H26N2O3/c1-4-23-18(22)15-5-7-16(8-6-15)19-17(21)12-20-10-13(2)9-14(3)11-20/h5-8,13-14H,4,9-12H2,1-3H3,(H,19,21)/p+1/t13-,14-/m0/s1. The maximum atomic E-state index is 12.2. The Hall–Kier alpha value is -1.88. The Labute approximate surface area is 138 Å². The highest BCUT2D eigenvalue weighted by molar-refractivity contribution is 5.93. The van der Waals surface area contributed by atoms with Gasteiger partial charge in [-0.1, -0.05) is 13.8 Å². The van der Waals surface area contributed by atoms with E-state index >= 15 is 0 Å². The molecule has 2 rings (SSSR count). The molecule has 0 saturated carbocycles. The monoisotopic (exact) mass is 319 g/mol. The lowest BCUT2D eigenvalue weighted by atomic mass is 9.92. The molecule has 5 heteroatoms. The van der Waals surface area contributed by atoms with Crippen molar-refractivity contribution in [3.8, 4) is 0 Å². The van der Waals surface area contributed by atoms with E-state index in [-0.39, 0.29) is 11.9 Å². The number of hydrogen-bond donors (Lipinski definition) is 2. The van der Waals surface area contributed by atoms with E-state index in [1.165, 1.54) is 11.3 Å². The number of benzene rings is 1. The number of carbonyl (C=O) groups excluding carboxylic acids is 2. The third kappa shape index (κ3) is 5.36. The molecule has 2 atom stereocenters. The first-order chi connectivity index (χ1) is 11.0. The smallest absolute Gasteiger partial charge is 0.338 e. The summed E-state index contributed by atoms with van der Waals surface area (Å²) in [5.74, 6) is 1.02. The number of likely N-dealkylation sites (tertiary alicyclic amines) is 1. The van der Waals surface area contributed by atoms with Crippen LogP contribution in [0.3, 0.4) is 0 Å². The highest BCUT2D eigenvalue weighted by Gasteiger charge is 2.26. The van der Waals surface area contributed by atoms with Crippen molar-refractivity contribution in [3.05, 3.63) is 29.8 Å². The summed E-state index contributed by atoms with van der Waals surface area (Å²) < 4.78 is 4.94. The average molecular weight is 319 g/mol. The normalized spacial score (nSPS) is 24.0. The summed E-state index contributed by atoms with van der Waals surface area (Å²) >= 11 is 0. The molecule has 1 saturated heterocycles. The van der Waals surface area contributed by atoms with Gasteiger partial charge in [-0.05, 0) is 37.6 Å². The second kappa shape index (κ2) is 8.11. The van der Waals surface area contributed by atoms with E-state index in [4.69, 9.17) is 4.74 Å². The Kier molecular flexibility index (Phi) is 6.16. The molecule has 0 aromatic heterocycles. The van der Waals surface area contributed by atoms with Crippen molar-refractivity contribution < 1.29 is 19.2 Å². The molecule has 0 spiro atoms. The number of nitrogens with one attached hydrogen (secondary N) is 2. The van der Waals surface area contributed by atoms with Gasteiger partial charge in [-0.3, -0.25) is 4.79 Å². The van der Waals surface area contributed by atoms with Crippen LogP contribution in [0.2, 0.25) is 0 Å². The van der Waals surface area contributed by atoms with Crippen molar-refractivity contribution in [2.75, 3.05) is 31.6 Å². The van der Waals surface area contributed by atoms with Crippen LogP contribution < -0.4 is 10.2 Å². The minimum Gasteiger partial charge on any atom is -0.462 e. The second-order valence-corrected chi connectivity index (χ2v) is 6.63. The van der Waals surface area contributed by atoms with E-state index < -0.39 is 0 Å². The Morgan fingerprint density at radius 1 is 1.17 bits per heavy atom. The highest BCUT2D eigenvalue weighted by Crippen LogP contribution is 2.12. The summed E-state index contributed by atoms with van der Waals surface area (Å²) in [6.07, 6.45) is 1.25. The van der Waals surface area contributed by atoms with Crippen LogP contribution in [0.1, 0.15) is 37.6 Å². The first-order valence-electron chi connectivity index (χ1n) is 8.38. The Balaban J connectivity index is 1.86. The summed E-state index contributed by atoms with van der Waals surface area (Å²) in [4.78, 5) is 25.1. The first-order valence-corrected chi connectivity index (χ1v) is 8.38. The number of ether oxygens (including phenoxy) is 1. The summed E-state index contributed by atoms with van der Waals surface area (Å²) in [5, 5.41) is 2.91. The first kappa shape index (κ1) is 17.5. The third-order valence-electron chi connectivity index (χ3n) is 4.17. The van der Waals surface area contributed by atoms with Crippen molar-refractivity contribution in [2.24, 2.45) is 11.8 Å². The van der Waals surface area contributed by atoms with Crippen LogP contribution in [0.5, 0.6) is 0 Å². The van der Waals surface area contributed by atoms with Gasteiger partial charge in [0.25, 0.3) is 5.91 Å². The molecular formula is C18H27N2O3+. The Bertz CT molecular complexity index is 532. The van der Waals surface area contributed by atoms with Gasteiger partial charge in [0.15, 0.2) is 6.54 Å². The molecule has 0 unspecified atom stereocenters. The lowest BCUT2D eigenvalue weighted by Gasteiger charge is -2.31. The zero-order valence-electron chi connectivity index (χ0n) is 14.2. The number of piperidine rings is 1. The van der Waals surface area contributed by atoms with Gasteiger partial charge in [-0.15, -0.1) is 0 Å². The fraction of sp³-hybridized carbons (Fsp3) is 0.556. The number of amides is 1. The third-order valence-corrected chi connectivity index (χ3v) is 4.17. The number of esters is 1. The lowest BCUT2D eigenvalue weighted by molar-refractivity contribution is -0.904. The molecule has 0 bridgehead atoms. The largest absolute Gasteiger partial charge is 0.462 e. The molecule has 1 amide bonds. The maximum Gasteiger partial charge on any atom is 0.338 e. The number of carbonyl (C=O) groups is 2. The van der Waals surface area contributed by atoms with Crippen LogP contribution in [0.25, 0.3) is 0 Å². The van der Waals surface area contributed by atoms with Gasteiger partial charge in [0.2, 0.25) is 0 Å². The second-order valence-electron chi connectivity index (χ2n) is 6.63. The molecule has 5 nitrogen and oxygen atoms in total. The van der Waals surface area contributed by atoms with E-state index in [0.717, 1.165) is 13.1 Å². The number of rotatable bonds is 5. The van der Waals surface area contributed by atoms with Gasteiger partial charge in [0.1, 0.15) is 0 Å². The minimum atomic E-state index is -0.342. The predicted octanol–water partition coefficient (Wildman–Crippen LogP) is 1.36. The molecular weight excluding hydrogens is 292 g/mol. The molecule has 0 radical (unpaired) electrons. The van der Waals surface area contributed by atoms with Crippen molar-refractivity contribution in [1.82, 2.24) is 0 Å². The van der Waals surface area contributed by atoms with Gasteiger partial charge in [-0.25, -0.2) is 4.79 Å². The van der Waals surface area contributed by atoms with E-state index in [0.29, 0.717) is 36.2 Å². The van der Waals surface area contributed by atoms with Gasteiger partial charge >= 0.3 is 5.97 Å². The van der Waals surface area contributed by atoms with Crippen LogP contribution in [-0.4, -0.2) is 38.1 Å². The fourth-order valence-corrected chi connectivity index (χ4v) is 3.40. The minimum absolute atomic E-state index is 0.0187. The molecule has 0 aliphatic carbocycles. The molecule has 1 aliphatic heterocycles. The molecule has 1 aliphatic rings. The maximum absolute atomic E-state index is 12.2.